The average Bonchev–Trinajstić information content (AvgIpc) is 3.00. The van der Waals surface area contributed by atoms with Crippen molar-refractivity contribution < 1.29 is 0 Å². The number of aromatic nitrogens is 2. The van der Waals surface area contributed by atoms with Gasteiger partial charge in [0.2, 0.25) is 0 Å². The van der Waals surface area contributed by atoms with Gasteiger partial charge in [-0.25, -0.2) is 4.98 Å². The maximum atomic E-state index is 6.21. The van der Waals surface area contributed by atoms with Gasteiger partial charge in [0.15, 0.2) is 0 Å². The Morgan fingerprint density at radius 3 is 2.90 bits per heavy atom. The molecule has 0 amide bonds. The lowest BCUT2D eigenvalue weighted by atomic mass is 10.0. The highest BCUT2D eigenvalue weighted by Gasteiger charge is 2.09. The minimum absolute atomic E-state index is 0.176. The normalized spacial score (nSPS) is 14.0. The molecule has 0 aliphatic rings. The Bertz CT molecular complexity index is 527. The maximum Gasteiger partial charge on any atom is 0.109 e. The molecule has 2 heterocycles. The molecule has 2 unspecified atom stereocenters. The molecule has 3 N–H and O–H groups in total. The molecule has 0 aliphatic heterocycles. The first-order chi connectivity index (χ1) is 10.2. The van der Waals surface area contributed by atoms with Crippen LogP contribution in [0.3, 0.4) is 0 Å². The number of pyridine rings is 1. The minimum Gasteiger partial charge on any atom is -0.327 e. The number of nitrogens with zero attached hydrogens (tertiary/aromatic N) is 2. The van der Waals surface area contributed by atoms with E-state index < -0.39 is 0 Å². The molecular formula is C16H24N4S. The fourth-order valence-electron chi connectivity index (χ4n) is 2.30. The van der Waals surface area contributed by atoms with E-state index in [1.165, 1.54) is 5.56 Å². The van der Waals surface area contributed by atoms with Crippen molar-refractivity contribution >= 4 is 11.3 Å². The molecule has 2 aromatic heterocycles. The number of rotatable bonds is 8. The van der Waals surface area contributed by atoms with E-state index in [4.69, 9.17) is 5.73 Å². The molecule has 2 aromatic rings. The molecule has 0 aromatic carbocycles. The summed E-state index contributed by atoms with van der Waals surface area (Å²) in [5.41, 5.74) is 8.55. The standard InChI is InChI=1S/C16H24N4S/c1-12-5-3-8-19-15(12)11-14(17)6-4-7-18-13(2)16-20-9-10-21-16/h3,5,8-10,13-14,18H,4,6-7,11,17H2,1-2H3. The van der Waals surface area contributed by atoms with Gasteiger partial charge in [-0.05, 0) is 44.9 Å². The van der Waals surface area contributed by atoms with Crippen LogP contribution in [-0.4, -0.2) is 22.6 Å². The summed E-state index contributed by atoms with van der Waals surface area (Å²) < 4.78 is 0. The van der Waals surface area contributed by atoms with E-state index in [2.05, 4.69) is 35.2 Å². The highest BCUT2D eigenvalue weighted by atomic mass is 32.1. The van der Waals surface area contributed by atoms with Gasteiger partial charge in [-0.1, -0.05) is 6.07 Å². The second-order valence-electron chi connectivity index (χ2n) is 5.42. The summed E-state index contributed by atoms with van der Waals surface area (Å²) in [4.78, 5) is 8.72. The Hall–Kier alpha value is -1.30. The molecule has 0 bridgehead atoms. The van der Waals surface area contributed by atoms with Crippen LogP contribution < -0.4 is 11.1 Å². The number of hydrogen-bond donors (Lipinski definition) is 2. The molecule has 0 spiro atoms. The van der Waals surface area contributed by atoms with Gasteiger partial charge in [0.05, 0.1) is 6.04 Å². The number of nitrogens with two attached hydrogens (primary N) is 1. The highest BCUT2D eigenvalue weighted by Crippen LogP contribution is 2.14. The third-order valence-corrected chi connectivity index (χ3v) is 4.56. The van der Waals surface area contributed by atoms with E-state index >= 15 is 0 Å². The van der Waals surface area contributed by atoms with E-state index in [9.17, 15) is 0 Å². The van der Waals surface area contributed by atoms with Gasteiger partial charge in [0.25, 0.3) is 0 Å². The van der Waals surface area contributed by atoms with Crippen molar-refractivity contribution in [3.63, 3.8) is 0 Å². The van der Waals surface area contributed by atoms with Gasteiger partial charge < -0.3 is 11.1 Å². The quantitative estimate of drug-likeness (QED) is 0.736. The molecule has 0 fully saturated rings. The first-order valence-electron chi connectivity index (χ1n) is 7.45. The van der Waals surface area contributed by atoms with Crippen LogP contribution in [0.25, 0.3) is 0 Å². The smallest absolute Gasteiger partial charge is 0.109 e. The SMILES string of the molecule is Cc1cccnc1CC(N)CCCNC(C)c1nccs1. The third kappa shape index (κ3) is 5.19. The summed E-state index contributed by atoms with van der Waals surface area (Å²) in [6.07, 6.45) is 6.63. The average molecular weight is 304 g/mol. The summed E-state index contributed by atoms with van der Waals surface area (Å²) in [5.74, 6) is 0. The topological polar surface area (TPSA) is 63.8 Å². The molecule has 5 heteroatoms. The highest BCUT2D eigenvalue weighted by molar-refractivity contribution is 7.09. The zero-order valence-electron chi connectivity index (χ0n) is 12.7. The Kier molecular flexibility index (Phi) is 6.29. The van der Waals surface area contributed by atoms with Gasteiger partial charge in [-0.2, -0.15) is 0 Å². The molecular weight excluding hydrogens is 280 g/mol. The molecule has 2 atom stereocenters. The van der Waals surface area contributed by atoms with Crippen molar-refractivity contribution in [2.45, 2.75) is 45.2 Å². The predicted octanol–water partition coefficient (Wildman–Crippen LogP) is 2.85. The number of aryl methyl sites for hydroxylation is 1. The fourth-order valence-corrected chi connectivity index (χ4v) is 2.97. The van der Waals surface area contributed by atoms with Crippen molar-refractivity contribution in [1.82, 2.24) is 15.3 Å². The maximum absolute atomic E-state index is 6.21. The Labute approximate surface area is 130 Å². The van der Waals surface area contributed by atoms with Gasteiger partial charge in [-0.3, -0.25) is 4.98 Å². The van der Waals surface area contributed by atoms with Crippen LogP contribution in [0.15, 0.2) is 29.9 Å². The molecule has 0 radical (unpaired) electrons. The largest absolute Gasteiger partial charge is 0.327 e. The van der Waals surface area contributed by atoms with Gasteiger partial charge in [-0.15, -0.1) is 11.3 Å². The van der Waals surface area contributed by atoms with Crippen LogP contribution in [0, 0.1) is 6.92 Å². The number of thiazole rings is 1. The van der Waals surface area contributed by atoms with Crippen molar-refractivity contribution in [3.8, 4) is 0 Å². The summed E-state index contributed by atoms with van der Waals surface area (Å²) in [6.45, 7) is 5.21. The van der Waals surface area contributed by atoms with Crippen molar-refractivity contribution in [2.24, 2.45) is 5.73 Å². The molecule has 21 heavy (non-hydrogen) atoms. The summed E-state index contributed by atoms with van der Waals surface area (Å²) in [6, 6.07) is 4.55. The van der Waals surface area contributed by atoms with Crippen molar-refractivity contribution in [3.05, 3.63) is 46.2 Å². The van der Waals surface area contributed by atoms with Crippen molar-refractivity contribution in [2.75, 3.05) is 6.54 Å². The van der Waals surface area contributed by atoms with E-state index in [0.717, 1.165) is 36.5 Å². The fraction of sp³-hybridized carbons (Fsp3) is 0.500. The minimum atomic E-state index is 0.176. The first kappa shape index (κ1) is 16.1. The van der Waals surface area contributed by atoms with Crippen LogP contribution >= 0.6 is 11.3 Å². The van der Waals surface area contributed by atoms with Gasteiger partial charge >= 0.3 is 0 Å². The zero-order chi connectivity index (χ0) is 15.1. The van der Waals surface area contributed by atoms with Gasteiger partial charge in [0.1, 0.15) is 5.01 Å². The van der Waals surface area contributed by atoms with Crippen molar-refractivity contribution in [1.29, 1.82) is 0 Å². The van der Waals surface area contributed by atoms with Crippen LogP contribution in [0.1, 0.15) is 42.1 Å². The first-order valence-corrected chi connectivity index (χ1v) is 8.33. The molecule has 0 aliphatic carbocycles. The molecule has 0 saturated carbocycles. The second kappa shape index (κ2) is 8.22. The lowest BCUT2D eigenvalue weighted by Gasteiger charge is -2.14. The summed E-state index contributed by atoms with van der Waals surface area (Å²) >= 11 is 1.69. The Morgan fingerprint density at radius 2 is 2.19 bits per heavy atom. The lowest BCUT2D eigenvalue weighted by Crippen LogP contribution is -2.26. The van der Waals surface area contributed by atoms with E-state index in [1.54, 1.807) is 11.3 Å². The van der Waals surface area contributed by atoms with Gasteiger partial charge in [0, 0.05) is 35.9 Å². The van der Waals surface area contributed by atoms with Crippen LogP contribution in [-0.2, 0) is 6.42 Å². The molecule has 114 valence electrons. The second-order valence-corrected chi connectivity index (χ2v) is 6.35. The van der Waals surface area contributed by atoms with Crippen LogP contribution in [0.5, 0.6) is 0 Å². The van der Waals surface area contributed by atoms with Crippen LogP contribution in [0.4, 0.5) is 0 Å². The lowest BCUT2D eigenvalue weighted by molar-refractivity contribution is 0.508. The summed E-state index contributed by atoms with van der Waals surface area (Å²) in [7, 11) is 0. The van der Waals surface area contributed by atoms with E-state index in [-0.39, 0.29) is 6.04 Å². The third-order valence-electron chi connectivity index (χ3n) is 3.60. The van der Waals surface area contributed by atoms with E-state index in [1.807, 2.05) is 23.8 Å². The monoisotopic (exact) mass is 304 g/mol. The van der Waals surface area contributed by atoms with E-state index in [0.29, 0.717) is 6.04 Å². The molecule has 0 saturated heterocycles. The Morgan fingerprint density at radius 1 is 1.33 bits per heavy atom. The summed E-state index contributed by atoms with van der Waals surface area (Å²) in [5, 5.41) is 6.65. The molecule has 4 nitrogen and oxygen atoms in total. The zero-order valence-corrected chi connectivity index (χ0v) is 13.6. The van der Waals surface area contributed by atoms with Crippen LogP contribution in [0.2, 0.25) is 0 Å². The Balaban J connectivity index is 1.65. The predicted molar refractivity (Wildman–Crippen MR) is 88.4 cm³/mol. The molecule has 2 rings (SSSR count). The number of nitrogens with one attached hydrogen (secondary N) is 1. The number of hydrogen-bond acceptors (Lipinski definition) is 5.